The number of ether oxygens (including phenoxy) is 2. The maximum atomic E-state index is 13.0. The van der Waals surface area contributed by atoms with Crippen LogP contribution in [0.2, 0.25) is 0 Å². The van der Waals surface area contributed by atoms with Crippen LogP contribution >= 0.6 is 0 Å². The van der Waals surface area contributed by atoms with Gasteiger partial charge >= 0.3 is 0 Å². The number of rotatable bonds is 10. The number of carbonyl (C=O) groups is 2. The highest BCUT2D eigenvalue weighted by Gasteiger charge is 2.34. The third-order valence-corrected chi connectivity index (χ3v) is 7.09. The molecule has 0 aromatic heterocycles. The van der Waals surface area contributed by atoms with E-state index in [4.69, 9.17) is 9.47 Å². The zero-order chi connectivity index (χ0) is 24.7. The van der Waals surface area contributed by atoms with Crippen LogP contribution in [0.3, 0.4) is 0 Å². The van der Waals surface area contributed by atoms with Gasteiger partial charge in [0.25, 0.3) is 15.9 Å². The molecule has 1 aliphatic rings. The van der Waals surface area contributed by atoms with E-state index in [9.17, 15) is 18.0 Å². The Morgan fingerprint density at radius 3 is 2.47 bits per heavy atom. The quantitative estimate of drug-likeness (QED) is 0.496. The summed E-state index contributed by atoms with van der Waals surface area (Å²) in [5, 5.41) is 2.90. The van der Waals surface area contributed by atoms with E-state index in [1.807, 2.05) is 0 Å². The molecule has 2 aromatic rings. The summed E-state index contributed by atoms with van der Waals surface area (Å²) in [6.07, 6.45) is 3.27. The third kappa shape index (κ3) is 5.80. The van der Waals surface area contributed by atoms with Gasteiger partial charge < -0.3 is 19.7 Å². The predicted molar refractivity (Wildman–Crippen MR) is 129 cm³/mol. The minimum Gasteiger partial charge on any atom is -0.497 e. The van der Waals surface area contributed by atoms with E-state index in [2.05, 4.69) is 17.0 Å². The van der Waals surface area contributed by atoms with Gasteiger partial charge in [-0.05, 0) is 55.7 Å². The fraction of sp³-hybridized carbons (Fsp3) is 0.417. The zero-order valence-corrected chi connectivity index (χ0v) is 20.5. The Kier molecular flexibility index (Phi) is 8.38. The number of likely N-dealkylation sites (tertiary alicyclic amines) is 1. The number of anilines is 1. The SMILES string of the molecule is CCCCNC(=O)[C@@H]1CCCN1C(=O)c1ccc(NS(=O)(=O)c2cc(OC)ccc2OC)cc1. The van der Waals surface area contributed by atoms with Crippen molar-refractivity contribution in [2.24, 2.45) is 0 Å². The average Bonchev–Trinajstić information content (AvgIpc) is 3.33. The van der Waals surface area contributed by atoms with E-state index in [0.29, 0.717) is 30.8 Å². The second-order valence-corrected chi connectivity index (χ2v) is 9.65. The fourth-order valence-electron chi connectivity index (χ4n) is 3.84. The molecule has 0 aliphatic carbocycles. The van der Waals surface area contributed by atoms with E-state index in [-0.39, 0.29) is 28.1 Å². The number of hydrogen-bond donors (Lipinski definition) is 2. The first-order chi connectivity index (χ1) is 16.3. The Morgan fingerprint density at radius 1 is 1.09 bits per heavy atom. The molecule has 10 heteroatoms. The number of amides is 2. The van der Waals surface area contributed by atoms with Crippen LogP contribution in [0.4, 0.5) is 5.69 Å². The van der Waals surface area contributed by atoms with Gasteiger partial charge in [-0.25, -0.2) is 8.42 Å². The van der Waals surface area contributed by atoms with Crippen LogP contribution in [-0.4, -0.2) is 58.5 Å². The largest absolute Gasteiger partial charge is 0.497 e. The molecule has 2 N–H and O–H groups in total. The molecular weight excluding hydrogens is 458 g/mol. The summed E-state index contributed by atoms with van der Waals surface area (Å²) >= 11 is 0. The normalized spacial score (nSPS) is 15.6. The average molecular weight is 490 g/mol. The highest BCUT2D eigenvalue weighted by atomic mass is 32.2. The summed E-state index contributed by atoms with van der Waals surface area (Å²) < 4.78 is 38.7. The maximum Gasteiger partial charge on any atom is 0.265 e. The zero-order valence-electron chi connectivity index (χ0n) is 19.7. The van der Waals surface area contributed by atoms with Crippen molar-refractivity contribution in [3.63, 3.8) is 0 Å². The lowest BCUT2D eigenvalue weighted by atomic mass is 10.1. The second-order valence-electron chi connectivity index (χ2n) is 8.00. The molecule has 34 heavy (non-hydrogen) atoms. The molecule has 184 valence electrons. The van der Waals surface area contributed by atoms with Crippen molar-refractivity contribution in [1.29, 1.82) is 0 Å². The molecule has 1 fully saturated rings. The number of unbranched alkanes of at least 4 members (excludes halogenated alkanes) is 1. The Morgan fingerprint density at radius 2 is 1.82 bits per heavy atom. The highest BCUT2D eigenvalue weighted by Crippen LogP contribution is 2.30. The molecule has 9 nitrogen and oxygen atoms in total. The van der Waals surface area contributed by atoms with Gasteiger partial charge in [-0.2, -0.15) is 0 Å². The van der Waals surface area contributed by atoms with Crippen molar-refractivity contribution in [3.8, 4) is 11.5 Å². The van der Waals surface area contributed by atoms with E-state index in [1.165, 1.54) is 38.5 Å². The molecule has 1 saturated heterocycles. The number of carbonyl (C=O) groups excluding carboxylic acids is 2. The molecule has 1 atom stereocenters. The lowest BCUT2D eigenvalue weighted by Crippen LogP contribution is -2.46. The Labute approximate surface area is 200 Å². The predicted octanol–water partition coefficient (Wildman–Crippen LogP) is 3.03. The third-order valence-electron chi connectivity index (χ3n) is 5.69. The fourth-order valence-corrected chi connectivity index (χ4v) is 5.08. The van der Waals surface area contributed by atoms with Crippen LogP contribution in [0.25, 0.3) is 0 Å². The number of nitrogens with zero attached hydrogens (tertiary/aromatic N) is 1. The first-order valence-corrected chi connectivity index (χ1v) is 12.7. The lowest BCUT2D eigenvalue weighted by Gasteiger charge is -2.24. The lowest BCUT2D eigenvalue weighted by molar-refractivity contribution is -0.124. The summed E-state index contributed by atoms with van der Waals surface area (Å²) in [5.41, 5.74) is 0.673. The first-order valence-electron chi connectivity index (χ1n) is 11.2. The molecule has 0 spiro atoms. The van der Waals surface area contributed by atoms with E-state index in [1.54, 1.807) is 23.1 Å². The number of sulfonamides is 1. The van der Waals surface area contributed by atoms with Gasteiger partial charge in [0.1, 0.15) is 22.4 Å². The van der Waals surface area contributed by atoms with Gasteiger partial charge in [-0.3, -0.25) is 14.3 Å². The second kappa shape index (κ2) is 11.2. The summed E-state index contributed by atoms with van der Waals surface area (Å²) in [6.45, 7) is 3.16. The van der Waals surface area contributed by atoms with Gasteiger partial charge in [-0.1, -0.05) is 13.3 Å². The van der Waals surface area contributed by atoms with Gasteiger partial charge in [-0.15, -0.1) is 0 Å². The summed E-state index contributed by atoms with van der Waals surface area (Å²) in [4.78, 5) is 27.1. The number of hydrogen-bond acceptors (Lipinski definition) is 6. The number of benzene rings is 2. The summed E-state index contributed by atoms with van der Waals surface area (Å²) in [5.74, 6) is 0.173. The molecule has 1 aliphatic heterocycles. The molecule has 1 heterocycles. The Bertz CT molecular complexity index is 1120. The van der Waals surface area contributed by atoms with Crippen molar-refractivity contribution in [2.75, 3.05) is 32.0 Å². The van der Waals surface area contributed by atoms with Gasteiger partial charge in [0.15, 0.2) is 0 Å². The molecule has 0 unspecified atom stereocenters. The van der Waals surface area contributed by atoms with Crippen LogP contribution < -0.4 is 19.5 Å². The molecule has 3 rings (SSSR count). The maximum absolute atomic E-state index is 13.0. The van der Waals surface area contributed by atoms with Gasteiger partial charge in [0.2, 0.25) is 5.91 Å². The number of methoxy groups -OCH3 is 2. The van der Waals surface area contributed by atoms with E-state index >= 15 is 0 Å². The van der Waals surface area contributed by atoms with Crippen LogP contribution in [0.5, 0.6) is 11.5 Å². The van der Waals surface area contributed by atoms with Crippen molar-refractivity contribution in [3.05, 3.63) is 48.0 Å². The number of nitrogens with one attached hydrogen (secondary N) is 2. The van der Waals surface area contributed by atoms with Crippen LogP contribution in [0.15, 0.2) is 47.4 Å². The molecule has 0 radical (unpaired) electrons. The van der Waals surface area contributed by atoms with Crippen molar-refractivity contribution < 1.29 is 27.5 Å². The summed E-state index contributed by atoms with van der Waals surface area (Å²) in [7, 11) is -1.14. The van der Waals surface area contributed by atoms with Crippen molar-refractivity contribution in [1.82, 2.24) is 10.2 Å². The smallest absolute Gasteiger partial charge is 0.265 e. The van der Waals surface area contributed by atoms with Gasteiger partial charge in [0.05, 0.1) is 14.2 Å². The minimum absolute atomic E-state index is 0.0662. The Hall–Kier alpha value is -3.27. The standard InChI is InChI=1S/C24H31N3O6S/c1-4-5-14-25-23(28)20-7-6-15-27(20)24(29)17-8-10-18(11-9-17)26-34(30,31)22-16-19(32-2)12-13-21(22)33-3/h8-13,16,20,26H,4-7,14-15H2,1-3H3,(H,25,28)/t20-/m0/s1. The van der Waals surface area contributed by atoms with Crippen molar-refractivity contribution >= 4 is 27.5 Å². The molecule has 0 saturated carbocycles. The molecule has 2 aromatic carbocycles. The van der Waals surface area contributed by atoms with Crippen molar-refractivity contribution in [2.45, 2.75) is 43.5 Å². The van der Waals surface area contributed by atoms with Crippen LogP contribution in [0, 0.1) is 0 Å². The topological polar surface area (TPSA) is 114 Å². The monoisotopic (exact) mass is 489 g/mol. The van der Waals surface area contributed by atoms with E-state index in [0.717, 1.165) is 19.3 Å². The van der Waals surface area contributed by atoms with E-state index < -0.39 is 16.1 Å². The summed E-state index contributed by atoms with van der Waals surface area (Å²) in [6, 6.07) is 10.1. The Balaban J connectivity index is 1.72. The molecule has 2 amide bonds. The highest BCUT2D eigenvalue weighted by molar-refractivity contribution is 7.92. The minimum atomic E-state index is -3.97. The molecule has 0 bridgehead atoms. The van der Waals surface area contributed by atoms with Gasteiger partial charge in [0, 0.05) is 30.4 Å². The van der Waals surface area contributed by atoms with Crippen LogP contribution in [-0.2, 0) is 14.8 Å². The van der Waals surface area contributed by atoms with Crippen LogP contribution in [0.1, 0.15) is 43.0 Å². The first kappa shape index (κ1) is 25.4. The molecular formula is C24H31N3O6S.